The van der Waals surface area contributed by atoms with E-state index in [9.17, 15) is 4.79 Å². The Labute approximate surface area is 101 Å². The Kier molecular flexibility index (Phi) is 5.29. The average Bonchev–Trinajstić information content (AvgIpc) is 2.27. The molecule has 1 amide bonds. The van der Waals surface area contributed by atoms with Gasteiger partial charge in [0.1, 0.15) is 0 Å². The van der Waals surface area contributed by atoms with Crippen molar-refractivity contribution in [3.63, 3.8) is 0 Å². The molecule has 3 nitrogen and oxygen atoms in total. The van der Waals surface area contributed by atoms with Gasteiger partial charge in [-0.05, 0) is 44.6 Å². The van der Waals surface area contributed by atoms with Gasteiger partial charge in [0.15, 0.2) is 0 Å². The first-order chi connectivity index (χ1) is 7.65. The molecule has 0 saturated carbocycles. The van der Waals surface area contributed by atoms with E-state index in [-0.39, 0.29) is 5.91 Å². The van der Waals surface area contributed by atoms with Gasteiger partial charge in [0.05, 0.1) is 0 Å². The van der Waals surface area contributed by atoms with Gasteiger partial charge in [0.25, 0.3) is 5.91 Å². The van der Waals surface area contributed by atoms with Gasteiger partial charge in [-0.15, -0.1) is 0 Å². The first-order valence-corrected chi connectivity index (χ1v) is 5.72. The molecule has 0 atom stereocenters. The van der Waals surface area contributed by atoms with Gasteiger partial charge in [0, 0.05) is 17.1 Å². The highest BCUT2D eigenvalue weighted by Crippen LogP contribution is 2.15. The zero-order chi connectivity index (χ0) is 12.0. The van der Waals surface area contributed by atoms with Gasteiger partial charge in [-0.2, -0.15) is 0 Å². The Morgan fingerprint density at radius 3 is 2.81 bits per heavy atom. The Hall–Kier alpha value is -1.06. The molecular formula is C12H17ClN2O. The summed E-state index contributed by atoms with van der Waals surface area (Å²) >= 11 is 5.85. The molecule has 0 unspecified atom stereocenters. The van der Waals surface area contributed by atoms with E-state index in [2.05, 4.69) is 10.6 Å². The van der Waals surface area contributed by atoms with Gasteiger partial charge in [-0.1, -0.05) is 17.7 Å². The van der Waals surface area contributed by atoms with Crippen LogP contribution in [0.3, 0.4) is 0 Å². The molecular weight excluding hydrogens is 224 g/mol. The summed E-state index contributed by atoms with van der Waals surface area (Å²) < 4.78 is 0. The Bertz CT molecular complexity index is 366. The molecule has 1 aromatic rings. The summed E-state index contributed by atoms with van der Waals surface area (Å²) in [6, 6.07) is 5.34. The molecule has 0 radical (unpaired) electrons. The molecule has 0 aliphatic rings. The molecule has 1 rings (SSSR count). The maximum atomic E-state index is 11.8. The fourth-order valence-electron chi connectivity index (χ4n) is 1.40. The van der Waals surface area contributed by atoms with Crippen molar-refractivity contribution in [1.29, 1.82) is 0 Å². The minimum absolute atomic E-state index is 0.0592. The second-order valence-electron chi connectivity index (χ2n) is 3.67. The lowest BCUT2D eigenvalue weighted by Crippen LogP contribution is -2.27. The summed E-state index contributed by atoms with van der Waals surface area (Å²) in [4.78, 5) is 11.8. The molecule has 0 spiro atoms. The third-order valence-electron chi connectivity index (χ3n) is 2.33. The smallest absolute Gasteiger partial charge is 0.251 e. The average molecular weight is 241 g/mol. The van der Waals surface area contributed by atoms with Crippen molar-refractivity contribution in [2.24, 2.45) is 0 Å². The van der Waals surface area contributed by atoms with E-state index in [0.717, 1.165) is 18.5 Å². The number of nitrogens with one attached hydrogen (secondary N) is 2. The third-order valence-corrected chi connectivity index (χ3v) is 2.57. The summed E-state index contributed by atoms with van der Waals surface area (Å²) in [5, 5.41) is 6.48. The minimum Gasteiger partial charge on any atom is -0.352 e. The molecule has 0 heterocycles. The summed E-state index contributed by atoms with van der Waals surface area (Å²) in [5.74, 6) is -0.0592. The standard InChI is InChI=1S/C12H17ClN2O/c1-9-4-5-10(13)8-11(9)12(16)15-7-3-6-14-2/h4-5,8,14H,3,6-7H2,1-2H3,(H,15,16). The Morgan fingerprint density at radius 1 is 1.38 bits per heavy atom. The number of benzene rings is 1. The number of hydrogen-bond acceptors (Lipinski definition) is 2. The van der Waals surface area contributed by atoms with E-state index in [1.54, 1.807) is 12.1 Å². The molecule has 2 N–H and O–H groups in total. The van der Waals surface area contributed by atoms with Crippen molar-refractivity contribution in [2.75, 3.05) is 20.1 Å². The van der Waals surface area contributed by atoms with Crippen LogP contribution in [-0.4, -0.2) is 26.0 Å². The van der Waals surface area contributed by atoms with Gasteiger partial charge in [-0.3, -0.25) is 4.79 Å². The molecule has 0 aromatic heterocycles. The molecule has 0 fully saturated rings. The van der Waals surface area contributed by atoms with E-state index in [1.807, 2.05) is 20.0 Å². The van der Waals surface area contributed by atoms with Crippen molar-refractivity contribution >= 4 is 17.5 Å². The highest BCUT2D eigenvalue weighted by molar-refractivity contribution is 6.31. The zero-order valence-corrected chi connectivity index (χ0v) is 10.4. The quantitative estimate of drug-likeness (QED) is 0.773. The van der Waals surface area contributed by atoms with Crippen LogP contribution in [0.4, 0.5) is 0 Å². The number of rotatable bonds is 5. The predicted octanol–water partition coefficient (Wildman–Crippen LogP) is 1.99. The van der Waals surface area contributed by atoms with Crippen LogP contribution in [0.1, 0.15) is 22.3 Å². The molecule has 0 aliphatic carbocycles. The number of carbonyl (C=O) groups is 1. The Balaban J connectivity index is 2.55. The summed E-state index contributed by atoms with van der Waals surface area (Å²) in [6.07, 6.45) is 0.919. The number of halogens is 1. The summed E-state index contributed by atoms with van der Waals surface area (Å²) in [5.41, 5.74) is 1.59. The van der Waals surface area contributed by atoms with Crippen LogP contribution < -0.4 is 10.6 Å². The first-order valence-electron chi connectivity index (χ1n) is 5.34. The zero-order valence-electron chi connectivity index (χ0n) is 9.64. The number of aryl methyl sites for hydroxylation is 1. The SMILES string of the molecule is CNCCCNC(=O)c1cc(Cl)ccc1C. The van der Waals surface area contributed by atoms with Crippen molar-refractivity contribution in [3.05, 3.63) is 34.3 Å². The fourth-order valence-corrected chi connectivity index (χ4v) is 1.57. The second kappa shape index (κ2) is 6.51. The van der Waals surface area contributed by atoms with Gasteiger partial charge in [-0.25, -0.2) is 0 Å². The van der Waals surface area contributed by atoms with Crippen LogP contribution in [0, 0.1) is 6.92 Å². The van der Waals surface area contributed by atoms with Crippen LogP contribution in [0.25, 0.3) is 0 Å². The molecule has 4 heteroatoms. The van der Waals surface area contributed by atoms with Crippen LogP contribution in [0.15, 0.2) is 18.2 Å². The molecule has 88 valence electrons. The number of carbonyl (C=O) groups excluding carboxylic acids is 1. The van der Waals surface area contributed by atoms with E-state index in [1.165, 1.54) is 0 Å². The molecule has 0 saturated heterocycles. The monoisotopic (exact) mass is 240 g/mol. The summed E-state index contributed by atoms with van der Waals surface area (Å²) in [7, 11) is 1.89. The van der Waals surface area contributed by atoms with E-state index < -0.39 is 0 Å². The van der Waals surface area contributed by atoms with Crippen molar-refractivity contribution in [2.45, 2.75) is 13.3 Å². The normalized spacial score (nSPS) is 10.2. The lowest BCUT2D eigenvalue weighted by Gasteiger charge is -2.07. The van der Waals surface area contributed by atoms with Crippen LogP contribution >= 0.6 is 11.6 Å². The van der Waals surface area contributed by atoms with Gasteiger partial charge in [0.2, 0.25) is 0 Å². The predicted molar refractivity (Wildman–Crippen MR) is 67.1 cm³/mol. The summed E-state index contributed by atoms with van der Waals surface area (Å²) in [6.45, 7) is 3.47. The van der Waals surface area contributed by atoms with Crippen LogP contribution in [0.2, 0.25) is 5.02 Å². The molecule has 1 aromatic carbocycles. The first kappa shape index (κ1) is 13.0. The fraction of sp³-hybridized carbons (Fsp3) is 0.417. The van der Waals surface area contributed by atoms with Gasteiger partial charge < -0.3 is 10.6 Å². The van der Waals surface area contributed by atoms with Crippen molar-refractivity contribution in [3.8, 4) is 0 Å². The maximum absolute atomic E-state index is 11.8. The van der Waals surface area contributed by atoms with Crippen LogP contribution in [-0.2, 0) is 0 Å². The highest BCUT2D eigenvalue weighted by Gasteiger charge is 2.08. The topological polar surface area (TPSA) is 41.1 Å². The van der Waals surface area contributed by atoms with Crippen LogP contribution in [0.5, 0.6) is 0 Å². The van der Waals surface area contributed by atoms with Crippen molar-refractivity contribution in [1.82, 2.24) is 10.6 Å². The third kappa shape index (κ3) is 3.83. The number of amides is 1. The van der Waals surface area contributed by atoms with E-state index in [0.29, 0.717) is 17.1 Å². The molecule has 0 bridgehead atoms. The largest absolute Gasteiger partial charge is 0.352 e. The highest BCUT2D eigenvalue weighted by atomic mass is 35.5. The van der Waals surface area contributed by atoms with Crippen molar-refractivity contribution < 1.29 is 4.79 Å². The number of hydrogen-bond donors (Lipinski definition) is 2. The maximum Gasteiger partial charge on any atom is 0.251 e. The van der Waals surface area contributed by atoms with E-state index in [4.69, 9.17) is 11.6 Å². The lowest BCUT2D eigenvalue weighted by atomic mass is 10.1. The van der Waals surface area contributed by atoms with Gasteiger partial charge >= 0.3 is 0 Å². The van der Waals surface area contributed by atoms with E-state index >= 15 is 0 Å². The molecule has 0 aliphatic heterocycles. The lowest BCUT2D eigenvalue weighted by molar-refractivity contribution is 0.0952. The minimum atomic E-state index is -0.0592. The second-order valence-corrected chi connectivity index (χ2v) is 4.11. The Morgan fingerprint density at radius 2 is 2.12 bits per heavy atom. The molecule has 16 heavy (non-hydrogen) atoms.